The highest BCUT2D eigenvalue weighted by molar-refractivity contribution is 5.69. The number of imidazole rings is 1. The van der Waals surface area contributed by atoms with E-state index in [-0.39, 0.29) is 0 Å². The topological polar surface area (TPSA) is 64.3 Å². The molecule has 0 unspecified atom stereocenters. The summed E-state index contributed by atoms with van der Waals surface area (Å²) >= 11 is 0. The molecule has 0 radical (unpaired) electrons. The first-order valence-electron chi connectivity index (χ1n) is 10.2. The Hall–Kier alpha value is -3.41. The number of nitrogens with one attached hydrogen (secondary N) is 1. The molecule has 0 bridgehead atoms. The summed E-state index contributed by atoms with van der Waals surface area (Å²) in [6.07, 6.45) is 8.59. The van der Waals surface area contributed by atoms with Gasteiger partial charge in [0.15, 0.2) is 11.5 Å². The molecular formula is C24H27N5O. The first-order valence-corrected chi connectivity index (χ1v) is 10.2. The van der Waals surface area contributed by atoms with Crippen molar-refractivity contribution in [3.63, 3.8) is 0 Å². The Balaban J connectivity index is 1.65. The zero-order chi connectivity index (χ0) is 21.1. The van der Waals surface area contributed by atoms with E-state index in [1.165, 1.54) is 5.56 Å². The summed E-state index contributed by atoms with van der Waals surface area (Å²) < 4.78 is 7.38. The summed E-state index contributed by atoms with van der Waals surface area (Å²) in [5.41, 5.74) is 6.23. The third-order valence-corrected chi connectivity index (χ3v) is 5.15. The number of ether oxygens (including phenoxy) is 1. The number of nitrogens with zero attached hydrogens (tertiary/aromatic N) is 4. The molecule has 0 saturated heterocycles. The van der Waals surface area contributed by atoms with E-state index in [2.05, 4.69) is 57.9 Å². The Bertz CT molecular complexity index is 1150. The van der Waals surface area contributed by atoms with Gasteiger partial charge >= 0.3 is 0 Å². The number of fused-ring (bicyclic) bond motifs is 1. The van der Waals surface area contributed by atoms with E-state index >= 15 is 0 Å². The third-order valence-electron chi connectivity index (χ3n) is 5.15. The first kappa shape index (κ1) is 19.9. The van der Waals surface area contributed by atoms with Gasteiger partial charge in [-0.15, -0.1) is 0 Å². The molecule has 3 heterocycles. The van der Waals surface area contributed by atoms with Crippen LogP contribution in [-0.4, -0.2) is 33.0 Å². The normalized spacial score (nSPS) is 11.2. The van der Waals surface area contributed by atoms with Crippen molar-refractivity contribution in [1.82, 2.24) is 19.4 Å². The molecule has 1 N–H and O–H groups in total. The van der Waals surface area contributed by atoms with Gasteiger partial charge in [0.1, 0.15) is 5.75 Å². The zero-order valence-electron chi connectivity index (χ0n) is 17.9. The Kier molecular flexibility index (Phi) is 5.65. The van der Waals surface area contributed by atoms with Crippen LogP contribution in [0.15, 0.2) is 55.1 Å². The van der Waals surface area contributed by atoms with Crippen molar-refractivity contribution in [3.05, 3.63) is 71.9 Å². The minimum absolute atomic E-state index is 0.359. The lowest BCUT2D eigenvalue weighted by Gasteiger charge is -2.12. The molecule has 3 aromatic heterocycles. The second kappa shape index (κ2) is 8.53. The predicted molar refractivity (Wildman–Crippen MR) is 120 cm³/mol. The van der Waals surface area contributed by atoms with Crippen LogP contribution >= 0.6 is 0 Å². The van der Waals surface area contributed by atoms with Gasteiger partial charge in [-0.3, -0.25) is 9.38 Å². The molecular weight excluding hydrogens is 374 g/mol. The largest absolute Gasteiger partial charge is 0.497 e. The van der Waals surface area contributed by atoms with Gasteiger partial charge in [0.25, 0.3) is 0 Å². The van der Waals surface area contributed by atoms with E-state index in [0.717, 1.165) is 52.7 Å². The maximum atomic E-state index is 5.23. The standard InChI is InChI=1S/C24H27N5O/c1-16(2)22-14-27-24-23(26-10-9-18-5-7-20(30-4)8-6-18)28-21(15-29(22)24)19-11-17(3)12-25-13-19/h5-8,11-16H,9-10H2,1-4H3,(H,26,28). The lowest BCUT2D eigenvalue weighted by atomic mass is 10.1. The molecule has 0 saturated carbocycles. The van der Waals surface area contributed by atoms with Gasteiger partial charge < -0.3 is 10.1 Å². The van der Waals surface area contributed by atoms with E-state index in [0.29, 0.717) is 5.92 Å². The molecule has 6 nitrogen and oxygen atoms in total. The average molecular weight is 402 g/mol. The molecule has 0 aliphatic heterocycles. The number of hydrogen-bond acceptors (Lipinski definition) is 5. The highest BCUT2D eigenvalue weighted by Crippen LogP contribution is 2.26. The fraction of sp³-hybridized carbons (Fsp3) is 0.292. The van der Waals surface area contributed by atoms with E-state index in [1.807, 2.05) is 37.6 Å². The Morgan fingerprint density at radius 3 is 2.60 bits per heavy atom. The van der Waals surface area contributed by atoms with Crippen molar-refractivity contribution >= 4 is 11.5 Å². The average Bonchev–Trinajstić information content (AvgIpc) is 3.19. The fourth-order valence-corrected chi connectivity index (χ4v) is 3.50. The maximum absolute atomic E-state index is 5.23. The van der Waals surface area contributed by atoms with Gasteiger partial charge in [0, 0.05) is 42.6 Å². The van der Waals surface area contributed by atoms with Gasteiger partial charge in [-0.2, -0.15) is 0 Å². The molecule has 0 aliphatic carbocycles. The zero-order valence-corrected chi connectivity index (χ0v) is 17.9. The third kappa shape index (κ3) is 4.13. The van der Waals surface area contributed by atoms with Crippen LogP contribution in [0.5, 0.6) is 5.75 Å². The number of rotatable bonds is 7. The highest BCUT2D eigenvalue weighted by Gasteiger charge is 2.14. The van der Waals surface area contributed by atoms with Crippen molar-refractivity contribution in [1.29, 1.82) is 0 Å². The highest BCUT2D eigenvalue weighted by atomic mass is 16.5. The minimum Gasteiger partial charge on any atom is -0.497 e. The summed E-state index contributed by atoms with van der Waals surface area (Å²) in [5, 5.41) is 3.50. The van der Waals surface area contributed by atoms with Gasteiger partial charge in [-0.1, -0.05) is 26.0 Å². The lowest BCUT2D eigenvalue weighted by molar-refractivity contribution is 0.414. The van der Waals surface area contributed by atoms with Crippen LogP contribution in [0.25, 0.3) is 16.9 Å². The Labute approximate surface area is 177 Å². The summed E-state index contributed by atoms with van der Waals surface area (Å²) in [4.78, 5) is 13.9. The second-order valence-corrected chi connectivity index (χ2v) is 7.78. The van der Waals surface area contributed by atoms with Crippen LogP contribution in [0, 0.1) is 6.92 Å². The lowest BCUT2D eigenvalue weighted by Crippen LogP contribution is -2.09. The quantitative estimate of drug-likeness (QED) is 0.478. The predicted octanol–water partition coefficient (Wildman–Crippen LogP) is 4.89. The van der Waals surface area contributed by atoms with Crippen LogP contribution in [0.1, 0.15) is 36.6 Å². The van der Waals surface area contributed by atoms with Crippen molar-refractivity contribution in [2.24, 2.45) is 0 Å². The van der Waals surface area contributed by atoms with Crippen LogP contribution in [0.3, 0.4) is 0 Å². The van der Waals surface area contributed by atoms with E-state index < -0.39 is 0 Å². The SMILES string of the molecule is COc1ccc(CCNc2nc(-c3cncc(C)c3)cn3c(C(C)C)cnc23)cc1. The molecule has 4 aromatic rings. The van der Waals surface area contributed by atoms with Crippen LogP contribution in [-0.2, 0) is 6.42 Å². The number of aryl methyl sites for hydroxylation is 1. The molecule has 1 aromatic carbocycles. The van der Waals surface area contributed by atoms with Crippen molar-refractivity contribution in [3.8, 4) is 17.0 Å². The first-order chi connectivity index (χ1) is 14.5. The van der Waals surface area contributed by atoms with Gasteiger partial charge in [-0.05, 0) is 48.6 Å². The van der Waals surface area contributed by atoms with Gasteiger partial charge in [0.2, 0.25) is 0 Å². The van der Waals surface area contributed by atoms with Crippen molar-refractivity contribution in [2.45, 2.75) is 33.1 Å². The smallest absolute Gasteiger partial charge is 0.180 e. The van der Waals surface area contributed by atoms with Gasteiger partial charge in [0.05, 0.1) is 12.8 Å². The van der Waals surface area contributed by atoms with Crippen LogP contribution < -0.4 is 10.1 Å². The second-order valence-electron chi connectivity index (χ2n) is 7.78. The number of anilines is 1. The number of benzene rings is 1. The molecule has 6 heteroatoms. The molecule has 0 fully saturated rings. The van der Waals surface area contributed by atoms with E-state index in [9.17, 15) is 0 Å². The number of aromatic nitrogens is 4. The molecule has 0 amide bonds. The summed E-state index contributed by atoms with van der Waals surface area (Å²) in [7, 11) is 1.68. The number of pyridine rings is 1. The molecule has 0 spiro atoms. The van der Waals surface area contributed by atoms with Crippen LogP contribution in [0.2, 0.25) is 0 Å². The van der Waals surface area contributed by atoms with Crippen molar-refractivity contribution < 1.29 is 4.74 Å². The fourth-order valence-electron chi connectivity index (χ4n) is 3.50. The molecule has 0 aliphatic rings. The molecule has 30 heavy (non-hydrogen) atoms. The Morgan fingerprint density at radius 1 is 1.10 bits per heavy atom. The van der Waals surface area contributed by atoms with Crippen molar-refractivity contribution in [2.75, 3.05) is 19.0 Å². The summed E-state index contributed by atoms with van der Waals surface area (Å²) in [6.45, 7) is 7.15. The minimum atomic E-state index is 0.359. The summed E-state index contributed by atoms with van der Waals surface area (Å²) in [6, 6.07) is 10.3. The Morgan fingerprint density at radius 2 is 1.90 bits per heavy atom. The number of hydrogen-bond donors (Lipinski definition) is 1. The van der Waals surface area contributed by atoms with Crippen LogP contribution in [0.4, 0.5) is 5.82 Å². The summed E-state index contributed by atoms with van der Waals surface area (Å²) in [5.74, 6) is 2.01. The maximum Gasteiger partial charge on any atom is 0.180 e. The van der Waals surface area contributed by atoms with Gasteiger partial charge in [-0.25, -0.2) is 9.97 Å². The number of methoxy groups -OCH3 is 1. The monoisotopic (exact) mass is 401 g/mol. The molecule has 154 valence electrons. The molecule has 0 atom stereocenters. The molecule has 4 rings (SSSR count). The van der Waals surface area contributed by atoms with E-state index in [1.54, 1.807) is 7.11 Å². The van der Waals surface area contributed by atoms with E-state index in [4.69, 9.17) is 9.72 Å².